The van der Waals surface area contributed by atoms with Gasteiger partial charge in [-0.15, -0.1) is 0 Å². The first-order valence-corrected chi connectivity index (χ1v) is 7.43. The molecule has 0 radical (unpaired) electrons. The van der Waals surface area contributed by atoms with E-state index in [2.05, 4.69) is 10.1 Å². The molecule has 0 saturated heterocycles. The predicted octanol–water partition coefficient (Wildman–Crippen LogP) is 2.12. The molecule has 6 heteroatoms. The highest BCUT2D eigenvalue weighted by Gasteiger charge is 2.14. The van der Waals surface area contributed by atoms with Gasteiger partial charge in [-0.3, -0.25) is 0 Å². The Morgan fingerprint density at radius 3 is 2.79 bits per heavy atom. The van der Waals surface area contributed by atoms with Crippen LogP contribution in [0, 0.1) is 0 Å². The van der Waals surface area contributed by atoms with Crippen LogP contribution in [-0.2, 0) is 6.42 Å². The number of nitrogens with zero attached hydrogens (tertiary/aromatic N) is 2. The third-order valence-corrected chi connectivity index (χ3v) is 3.38. The Labute approximate surface area is 116 Å². The summed E-state index contributed by atoms with van der Waals surface area (Å²) in [5, 5.41) is 13.1. The van der Waals surface area contributed by atoms with Gasteiger partial charge in [0.15, 0.2) is 5.82 Å². The van der Waals surface area contributed by atoms with Crippen LogP contribution in [0.4, 0.5) is 0 Å². The van der Waals surface area contributed by atoms with Crippen LogP contribution in [0.25, 0.3) is 0 Å². The van der Waals surface area contributed by atoms with Gasteiger partial charge >= 0.3 is 0 Å². The molecule has 1 aromatic heterocycles. The molecule has 1 atom stereocenters. The molecule has 0 amide bonds. The van der Waals surface area contributed by atoms with E-state index in [4.69, 9.17) is 10.3 Å². The van der Waals surface area contributed by atoms with E-state index in [1.807, 2.05) is 18.4 Å². The van der Waals surface area contributed by atoms with E-state index in [-0.39, 0.29) is 11.8 Å². The summed E-state index contributed by atoms with van der Waals surface area (Å²) in [4.78, 5) is 4.31. The number of benzene rings is 1. The van der Waals surface area contributed by atoms with Crippen molar-refractivity contribution in [2.75, 3.05) is 12.0 Å². The average molecular weight is 279 g/mol. The first kappa shape index (κ1) is 13.9. The van der Waals surface area contributed by atoms with Crippen LogP contribution in [0.5, 0.6) is 5.75 Å². The van der Waals surface area contributed by atoms with E-state index in [9.17, 15) is 5.11 Å². The van der Waals surface area contributed by atoms with E-state index < -0.39 is 0 Å². The second-order valence-corrected chi connectivity index (χ2v) is 5.27. The number of aromatic nitrogens is 2. The molecule has 0 aliphatic carbocycles. The lowest BCUT2D eigenvalue weighted by molar-refractivity contribution is 0.349. The fourth-order valence-electron chi connectivity index (χ4n) is 1.65. The Kier molecular flexibility index (Phi) is 4.81. The van der Waals surface area contributed by atoms with Crippen molar-refractivity contribution in [1.82, 2.24) is 10.1 Å². The first-order valence-electron chi connectivity index (χ1n) is 6.04. The molecule has 2 rings (SSSR count). The quantitative estimate of drug-likeness (QED) is 0.842. The van der Waals surface area contributed by atoms with E-state index >= 15 is 0 Å². The van der Waals surface area contributed by atoms with Crippen molar-refractivity contribution >= 4 is 11.8 Å². The lowest BCUT2D eigenvalue weighted by atomic mass is 10.1. The lowest BCUT2D eigenvalue weighted by Crippen LogP contribution is -2.11. The fraction of sp³-hybridized carbons (Fsp3) is 0.385. The summed E-state index contributed by atoms with van der Waals surface area (Å²) < 4.78 is 5.17. The maximum atomic E-state index is 9.21. The molecule has 102 valence electrons. The van der Waals surface area contributed by atoms with Gasteiger partial charge < -0.3 is 15.4 Å². The number of hydrogen-bond donors (Lipinski definition) is 2. The average Bonchev–Trinajstić information content (AvgIpc) is 2.87. The molecule has 0 aliphatic rings. The minimum Gasteiger partial charge on any atom is -0.508 e. The number of thioether (sulfide) groups is 1. The monoisotopic (exact) mass is 279 g/mol. The molecule has 0 saturated carbocycles. The third kappa shape index (κ3) is 3.97. The summed E-state index contributed by atoms with van der Waals surface area (Å²) in [7, 11) is 0. The molecule has 5 nitrogen and oxygen atoms in total. The molecule has 3 N–H and O–H groups in total. The zero-order chi connectivity index (χ0) is 13.7. The van der Waals surface area contributed by atoms with Crippen molar-refractivity contribution in [3.8, 4) is 5.75 Å². The minimum absolute atomic E-state index is 0.200. The fourth-order valence-corrected chi connectivity index (χ4v) is 2.14. The Balaban J connectivity index is 1.98. The molecular formula is C13H17N3O2S. The van der Waals surface area contributed by atoms with Crippen molar-refractivity contribution in [2.45, 2.75) is 18.9 Å². The molecule has 1 heterocycles. The molecule has 1 aromatic carbocycles. The van der Waals surface area contributed by atoms with Gasteiger partial charge in [0.25, 0.3) is 0 Å². The molecule has 0 bridgehead atoms. The van der Waals surface area contributed by atoms with Crippen LogP contribution in [0.2, 0.25) is 0 Å². The maximum absolute atomic E-state index is 9.21. The molecule has 0 aliphatic heterocycles. The number of nitrogens with two attached hydrogens (primary N) is 1. The Morgan fingerprint density at radius 2 is 2.11 bits per heavy atom. The zero-order valence-electron chi connectivity index (χ0n) is 10.7. The second-order valence-electron chi connectivity index (χ2n) is 4.28. The molecule has 0 fully saturated rings. The molecular weight excluding hydrogens is 262 g/mol. The van der Waals surface area contributed by atoms with Gasteiger partial charge in [-0.1, -0.05) is 17.3 Å². The summed E-state index contributed by atoms with van der Waals surface area (Å²) in [6, 6.07) is 6.74. The largest absolute Gasteiger partial charge is 0.508 e. The number of rotatable bonds is 6. The smallest absolute Gasteiger partial charge is 0.243 e. The normalized spacial score (nSPS) is 12.5. The van der Waals surface area contributed by atoms with Gasteiger partial charge in [0, 0.05) is 6.42 Å². The number of phenolic OH excluding ortho intramolecular Hbond substituents is 1. The van der Waals surface area contributed by atoms with Crippen LogP contribution in [0.1, 0.15) is 29.7 Å². The van der Waals surface area contributed by atoms with E-state index in [0.29, 0.717) is 18.1 Å². The van der Waals surface area contributed by atoms with E-state index in [1.54, 1.807) is 23.9 Å². The Morgan fingerprint density at radius 1 is 1.37 bits per heavy atom. The topological polar surface area (TPSA) is 85.2 Å². The maximum Gasteiger partial charge on any atom is 0.243 e. The van der Waals surface area contributed by atoms with Crippen LogP contribution >= 0.6 is 11.8 Å². The van der Waals surface area contributed by atoms with Gasteiger partial charge in [-0.25, -0.2) is 0 Å². The van der Waals surface area contributed by atoms with Gasteiger partial charge in [0.1, 0.15) is 5.75 Å². The summed E-state index contributed by atoms with van der Waals surface area (Å²) in [6.45, 7) is 0. The minimum atomic E-state index is -0.200. The van der Waals surface area contributed by atoms with Gasteiger partial charge in [-0.05, 0) is 36.1 Å². The van der Waals surface area contributed by atoms with Gasteiger partial charge in [0.05, 0.1) is 6.04 Å². The standard InChI is InChI=1S/C13H17N3O2S/c1-19-7-6-11(14)13-15-12(16-18-13)8-9-2-4-10(17)5-3-9/h2-5,11,17H,6-8,14H2,1H3/t11-/m1/s1. The number of phenols is 1. The molecule has 19 heavy (non-hydrogen) atoms. The Hall–Kier alpha value is -1.53. The lowest BCUT2D eigenvalue weighted by Gasteiger charge is -2.03. The van der Waals surface area contributed by atoms with Crippen LogP contribution in [-0.4, -0.2) is 27.3 Å². The van der Waals surface area contributed by atoms with Crippen molar-refractivity contribution in [3.05, 3.63) is 41.5 Å². The highest BCUT2D eigenvalue weighted by atomic mass is 32.2. The SMILES string of the molecule is CSCC[C@@H](N)c1nc(Cc2ccc(O)cc2)no1. The van der Waals surface area contributed by atoms with E-state index in [1.165, 1.54) is 0 Å². The highest BCUT2D eigenvalue weighted by Crippen LogP contribution is 2.16. The van der Waals surface area contributed by atoms with Crippen LogP contribution in [0.15, 0.2) is 28.8 Å². The van der Waals surface area contributed by atoms with Crippen molar-refractivity contribution in [3.63, 3.8) is 0 Å². The Bertz CT molecular complexity index is 513. The third-order valence-electron chi connectivity index (χ3n) is 2.73. The van der Waals surface area contributed by atoms with Crippen LogP contribution in [0.3, 0.4) is 0 Å². The van der Waals surface area contributed by atoms with Crippen LogP contribution < -0.4 is 5.73 Å². The summed E-state index contributed by atoms with van der Waals surface area (Å²) in [5.41, 5.74) is 6.98. The molecule has 0 unspecified atom stereocenters. The van der Waals surface area contributed by atoms with Crippen molar-refractivity contribution < 1.29 is 9.63 Å². The second kappa shape index (κ2) is 6.58. The number of hydrogen-bond acceptors (Lipinski definition) is 6. The summed E-state index contributed by atoms with van der Waals surface area (Å²) in [6.07, 6.45) is 3.43. The first-order chi connectivity index (χ1) is 9.19. The van der Waals surface area contributed by atoms with Crippen molar-refractivity contribution in [2.24, 2.45) is 5.73 Å². The molecule has 0 spiro atoms. The van der Waals surface area contributed by atoms with Gasteiger partial charge in [0.2, 0.25) is 5.89 Å². The highest BCUT2D eigenvalue weighted by molar-refractivity contribution is 7.98. The zero-order valence-corrected chi connectivity index (χ0v) is 11.6. The van der Waals surface area contributed by atoms with Crippen molar-refractivity contribution in [1.29, 1.82) is 0 Å². The van der Waals surface area contributed by atoms with Gasteiger partial charge in [-0.2, -0.15) is 16.7 Å². The summed E-state index contributed by atoms with van der Waals surface area (Å²) >= 11 is 1.74. The number of aromatic hydroxyl groups is 1. The predicted molar refractivity (Wildman–Crippen MR) is 75.1 cm³/mol. The summed E-state index contributed by atoms with van der Waals surface area (Å²) in [5.74, 6) is 2.32. The molecule has 2 aromatic rings. The van der Waals surface area contributed by atoms with E-state index in [0.717, 1.165) is 17.7 Å².